The Morgan fingerprint density at radius 2 is 1.83 bits per heavy atom. The van der Waals surface area contributed by atoms with E-state index in [1.54, 1.807) is 17.5 Å². The summed E-state index contributed by atoms with van der Waals surface area (Å²) in [6, 6.07) is 8.82. The van der Waals surface area contributed by atoms with Crippen molar-refractivity contribution in [2.75, 3.05) is 18.4 Å². The Morgan fingerprint density at radius 3 is 2.59 bits per heavy atom. The number of ether oxygens (including phenoxy) is 1. The van der Waals surface area contributed by atoms with E-state index in [-0.39, 0.29) is 15.9 Å². The van der Waals surface area contributed by atoms with Crippen LogP contribution in [0, 0.1) is 0 Å². The van der Waals surface area contributed by atoms with Crippen LogP contribution in [0.2, 0.25) is 0 Å². The first kappa shape index (κ1) is 20.4. The maximum Gasteiger partial charge on any atom is 0.267 e. The molecule has 2 aromatic rings. The number of benzene rings is 1. The number of hydrogen-bond donors (Lipinski definition) is 1. The lowest BCUT2D eigenvalue weighted by Crippen LogP contribution is -2.36. The van der Waals surface area contributed by atoms with Crippen LogP contribution in [0.15, 0.2) is 40.6 Å². The third kappa shape index (κ3) is 4.65. The SMILES string of the molecule is O=C(Nc1cccc(OC2CCCC2)c1)c1sccc1S(=O)(=O)N1CCCCC1. The summed E-state index contributed by atoms with van der Waals surface area (Å²) >= 11 is 1.15. The van der Waals surface area contributed by atoms with Crippen molar-refractivity contribution in [1.82, 2.24) is 4.31 Å². The van der Waals surface area contributed by atoms with Gasteiger partial charge in [-0.25, -0.2) is 8.42 Å². The van der Waals surface area contributed by atoms with Crippen LogP contribution in [-0.4, -0.2) is 37.8 Å². The molecule has 29 heavy (non-hydrogen) atoms. The second-order valence-electron chi connectivity index (χ2n) is 7.58. The number of nitrogens with one attached hydrogen (secondary N) is 1. The molecule has 6 nitrogen and oxygen atoms in total. The van der Waals surface area contributed by atoms with Crippen molar-refractivity contribution in [3.05, 3.63) is 40.6 Å². The molecule has 2 aliphatic rings. The van der Waals surface area contributed by atoms with Gasteiger partial charge in [0.1, 0.15) is 15.5 Å². The van der Waals surface area contributed by atoms with E-state index in [2.05, 4.69) is 5.32 Å². The molecule has 1 aliphatic heterocycles. The quantitative estimate of drug-likeness (QED) is 0.726. The molecule has 1 saturated heterocycles. The van der Waals surface area contributed by atoms with Crippen molar-refractivity contribution in [3.8, 4) is 5.75 Å². The van der Waals surface area contributed by atoms with Gasteiger partial charge in [-0.1, -0.05) is 12.5 Å². The van der Waals surface area contributed by atoms with Crippen molar-refractivity contribution < 1.29 is 17.9 Å². The number of rotatable bonds is 6. The van der Waals surface area contributed by atoms with Gasteiger partial charge in [0, 0.05) is 24.8 Å². The maximum atomic E-state index is 13.0. The van der Waals surface area contributed by atoms with Crippen molar-refractivity contribution in [1.29, 1.82) is 0 Å². The average Bonchev–Trinajstić information content (AvgIpc) is 3.41. The topological polar surface area (TPSA) is 75.7 Å². The monoisotopic (exact) mass is 434 g/mol. The van der Waals surface area contributed by atoms with Gasteiger partial charge in [-0.3, -0.25) is 4.79 Å². The van der Waals surface area contributed by atoms with Crippen molar-refractivity contribution in [3.63, 3.8) is 0 Å². The van der Waals surface area contributed by atoms with Crippen LogP contribution in [0.25, 0.3) is 0 Å². The van der Waals surface area contributed by atoms with E-state index in [4.69, 9.17) is 4.74 Å². The molecule has 1 N–H and O–H groups in total. The fourth-order valence-corrected chi connectivity index (χ4v) is 6.76. The highest BCUT2D eigenvalue weighted by molar-refractivity contribution is 7.89. The molecular formula is C21H26N2O4S2. The Morgan fingerprint density at radius 1 is 1.07 bits per heavy atom. The normalized spacial score (nSPS) is 18.6. The molecule has 1 aromatic carbocycles. The lowest BCUT2D eigenvalue weighted by Gasteiger charge is -2.25. The minimum atomic E-state index is -3.65. The fourth-order valence-electron chi connectivity index (χ4n) is 3.94. The summed E-state index contributed by atoms with van der Waals surface area (Å²) in [6.07, 6.45) is 7.49. The van der Waals surface area contributed by atoms with Gasteiger partial charge in [-0.05, 0) is 62.1 Å². The first-order valence-corrected chi connectivity index (χ1v) is 12.5. The number of carbonyl (C=O) groups excluding carboxylic acids is 1. The molecule has 1 aliphatic carbocycles. The third-order valence-corrected chi connectivity index (χ3v) is 8.45. The summed E-state index contributed by atoms with van der Waals surface area (Å²) in [5.41, 5.74) is 0.597. The smallest absolute Gasteiger partial charge is 0.267 e. The molecule has 4 rings (SSSR count). The number of thiophene rings is 1. The number of anilines is 1. The molecule has 0 unspecified atom stereocenters. The Kier molecular flexibility index (Phi) is 6.22. The number of hydrogen-bond acceptors (Lipinski definition) is 5. The molecule has 1 saturated carbocycles. The largest absolute Gasteiger partial charge is 0.490 e. The molecule has 0 spiro atoms. The highest BCUT2D eigenvalue weighted by atomic mass is 32.2. The fraction of sp³-hybridized carbons (Fsp3) is 0.476. The van der Waals surface area contributed by atoms with E-state index in [0.717, 1.165) is 49.2 Å². The zero-order valence-corrected chi connectivity index (χ0v) is 17.9. The molecule has 156 valence electrons. The van der Waals surface area contributed by atoms with Gasteiger partial charge >= 0.3 is 0 Å². The summed E-state index contributed by atoms with van der Waals surface area (Å²) in [5, 5.41) is 4.49. The van der Waals surface area contributed by atoms with Crippen LogP contribution in [-0.2, 0) is 10.0 Å². The van der Waals surface area contributed by atoms with E-state index in [9.17, 15) is 13.2 Å². The van der Waals surface area contributed by atoms with Crippen molar-refractivity contribution in [2.45, 2.75) is 55.9 Å². The molecule has 0 radical (unpaired) electrons. The van der Waals surface area contributed by atoms with E-state index in [0.29, 0.717) is 18.8 Å². The van der Waals surface area contributed by atoms with Crippen molar-refractivity contribution >= 4 is 33.0 Å². The average molecular weight is 435 g/mol. The van der Waals surface area contributed by atoms with E-state index in [1.807, 2.05) is 12.1 Å². The Labute approximate surface area is 175 Å². The second-order valence-corrected chi connectivity index (χ2v) is 10.4. The van der Waals surface area contributed by atoms with Crippen LogP contribution in [0.4, 0.5) is 5.69 Å². The molecule has 0 atom stereocenters. The van der Waals surface area contributed by atoms with E-state index < -0.39 is 15.9 Å². The predicted octanol–water partition coefficient (Wildman–Crippen LogP) is 4.50. The number of sulfonamides is 1. The van der Waals surface area contributed by atoms with Crippen LogP contribution in [0.5, 0.6) is 5.75 Å². The van der Waals surface area contributed by atoms with Gasteiger partial charge in [-0.15, -0.1) is 11.3 Å². The summed E-state index contributed by atoms with van der Waals surface area (Å²) in [5.74, 6) is 0.315. The second kappa shape index (κ2) is 8.85. The summed E-state index contributed by atoms with van der Waals surface area (Å²) in [6.45, 7) is 1.03. The van der Waals surface area contributed by atoms with Crippen LogP contribution >= 0.6 is 11.3 Å². The number of piperidine rings is 1. The van der Waals surface area contributed by atoms with Gasteiger partial charge in [0.15, 0.2) is 0 Å². The predicted molar refractivity (Wildman–Crippen MR) is 114 cm³/mol. The zero-order valence-electron chi connectivity index (χ0n) is 16.3. The minimum Gasteiger partial charge on any atom is -0.490 e. The molecule has 2 fully saturated rings. The Balaban J connectivity index is 1.49. The van der Waals surface area contributed by atoms with E-state index >= 15 is 0 Å². The van der Waals surface area contributed by atoms with Crippen LogP contribution < -0.4 is 10.1 Å². The summed E-state index contributed by atoms with van der Waals surface area (Å²) in [4.78, 5) is 13.2. The molecule has 1 amide bonds. The molecule has 8 heteroatoms. The Hall–Kier alpha value is -1.90. The highest BCUT2D eigenvalue weighted by Gasteiger charge is 2.31. The van der Waals surface area contributed by atoms with Gasteiger partial charge in [0.25, 0.3) is 5.91 Å². The number of nitrogens with zero attached hydrogens (tertiary/aromatic N) is 1. The highest BCUT2D eigenvalue weighted by Crippen LogP contribution is 2.29. The lowest BCUT2D eigenvalue weighted by molar-refractivity contribution is 0.102. The van der Waals surface area contributed by atoms with Crippen molar-refractivity contribution in [2.24, 2.45) is 0 Å². The standard InChI is InChI=1S/C21H26N2O4S2/c24-21(22-16-7-6-10-18(15-16)27-17-8-2-3-9-17)20-19(11-14-28-20)29(25,26)23-12-4-1-5-13-23/h6-7,10-11,14-15,17H,1-5,8-9,12-13H2,(H,22,24). The molecule has 0 bridgehead atoms. The van der Waals surface area contributed by atoms with Gasteiger partial charge in [0.2, 0.25) is 10.0 Å². The minimum absolute atomic E-state index is 0.0975. The molecule has 1 aromatic heterocycles. The van der Waals surface area contributed by atoms with Gasteiger partial charge in [-0.2, -0.15) is 4.31 Å². The van der Waals surface area contributed by atoms with Gasteiger partial charge < -0.3 is 10.1 Å². The zero-order chi connectivity index (χ0) is 20.3. The van der Waals surface area contributed by atoms with Gasteiger partial charge in [0.05, 0.1) is 6.10 Å². The van der Waals surface area contributed by atoms with E-state index in [1.165, 1.54) is 23.2 Å². The number of amides is 1. The summed E-state index contributed by atoms with van der Waals surface area (Å²) < 4.78 is 33.5. The van der Waals surface area contributed by atoms with Crippen LogP contribution in [0.3, 0.4) is 0 Å². The van der Waals surface area contributed by atoms with Crippen LogP contribution in [0.1, 0.15) is 54.6 Å². The first-order chi connectivity index (χ1) is 14.0. The molecular weight excluding hydrogens is 408 g/mol. The first-order valence-electron chi connectivity index (χ1n) is 10.2. The lowest BCUT2D eigenvalue weighted by atomic mass is 10.2. The third-order valence-electron chi connectivity index (χ3n) is 5.47. The Bertz CT molecular complexity index is 959. The molecule has 2 heterocycles. The number of carbonyl (C=O) groups is 1. The summed E-state index contributed by atoms with van der Waals surface area (Å²) in [7, 11) is -3.65. The maximum absolute atomic E-state index is 13.0.